The van der Waals surface area contributed by atoms with E-state index in [1.54, 1.807) is 0 Å². The van der Waals surface area contributed by atoms with Gasteiger partial charge in [0.25, 0.3) is 0 Å². The molecule has 1 heterocycles. The molecule has 0 radical (unpaired) electrons. The number of amides is 1. The Labute approximate surface area is 164 Å². The standard InChI is InChI=1S/C16H23Cl2N3O4S/c1-12(16(22)19-5-2-6-21-7-9-25-10-8-21)20-26(23,24)15-11-13(17)3-4-14(15)18/h3-4,11-12,20H,2,5-10H2,1H3,(H,19,22)/t12-/m1/s1. The van der Waals surface area contributed by atoms with Gasteiger partial charge in [-0.2, -0.15) is 4.72 Å². The minimum atomic E-state index is -3.95. The van der Waals surface area contributed by atoms with Crippen LogP contribution in [0.15, 0.2) is 23.1 Å². The molecule has 0 bridgehead atoms. The Morgan fingerprint density at radius 3 is 2.69 bits per heavy atom. The van der Waals surface area contributed by atoms with Gasteiger partial charge in [-0.25, -0.2) is 8.42 Å². The summed E-state index contributed by atoms with van der Waals surface area (Å²) in [4.78, 5) is 14.2. The lowest BCUT2D eigenvalue weighted by molar-refractivity contribution is -0.122. The maximum Gasteiger partial charge on any atom is 0.242 e. The maximum atomic E-state index is 12.4. The van der Waals surface area contributed by atoms with Crippen molar-refractivity contribution in [2.45, 2.75) is 24.3 Å². The number of carbonyl (C=O) groups excluding carboxylic acids is 1. The first-order chi connectivity index (χ1) is 12.3. The van der Waals surface area contributed by atoms with Crippen LogP contribution in [-0.2, 0) is 19.6 Å². The first kappa shape index (κ1) is 21.4. The maximum absolute atomic E-state index is 12.4. The van der Waals surface area contributed by atoms with Crippen LogP contribution in [0.2, 0.25) is 10.0 Å². The first-order valence-electron chi connectivity index (χ1n) is 8.35. The molecule has 1 fully saturated rings. The van der Waals surface area contributed by atoms with E-state index in [1.165, 1.54) is 25.1 Å². The van der Waals surface area contributed by atoms with E-state index in [4.69, 9.17) is 27.9 Å². The Morgan fingerprint density at radius 1 is 1.31 bits per heavy atom. The third-order valence-corrected chi connectivity index (χ3v) is 6.22. The number of hydrogen-bond acceptors (Lipinski definition) is 5. The number of morpholine rings is 1. The van der Waals surface area contributed by atoms with Gasteiger partial charge >= 0.3 is 0 Å². The summed E-state index contributed by atoms with van der Waals surface area (Å²) in [5.74, 6) is -0.395. The molecule has 146 valence electrons. The summed E-state index contributed by atoms with van der Waals surface area (Å²) in [6.45, 7) is 6.07. The molecule has 10 heteroatoms. The molecule has 2 rings (SSSR count). The smallest absolute Gasteiger partial charge is 0.242 e. The molecule has 1 atom stereocenters. The molecular weight excluding hydrogens is 401 g/mol. The lowest BCUT2D eigenvalue weighted by atomic mass is 10.3. The van der Waals surface area contributed by atoms with Crippen molar-refractivity contribution < 1.29 is 17.9 Å². The molecule has 0 aliphatic carbocycles. The fourth-order valence-electron chi connectivity index (χ4n) is 2.52. The van der Waals surface area contributed by atoms with Gasteiger partial charge in [0.1, 0.15) is 4.90 Å². The molecule has 0 aromatic heterocycles. The van der Waals surface area contributed by atoms with Crippen LogP contribution in [0.1, 0.15) is 13.3 Å². The molecule has 26 heavy (non-hydrogen) atoms. The van der Waals surface area contributed by atoms with Crippen molar-refractivity contribution in [3.63, 3.8) is 0 Å². The summed E-state index contributed by atoms with van der Waals surface area (Å²) in [7, 11) is -3.95. The van der Waals surface area contributed by atoms with Crippen molar-refractivity contribution in [3.05, 3.63) is 28.2 Å². The number of rotatable bonds is 8. The molecule has 2 N–H and O–H groups in total. The normalized spacial score (nSPS) is 17.0. The lowest BCUT2D eigenvalue weighted by Gasteiger charge is -2.26. The topological polar surface area (TPSA) is 87.7 Å². The van der Waals surface area contributed by atoms with Gasteiger partial charge in [-0.05, 0) is 38.1 Å². The van der Waals surface area contributed by atoms with Gasteiger partial charge < -0.3 is 10.1 Å². The highest BCUT2D eigenvalue weighted by molar-refractivity contribution is 7.89. The second kappa shape index (κ2) is 9.87. The number of nitrogens with zero attached hydrogens (tertiary/aromatic N) is 1. The van der Waals surface area contributed by atoms with Crippen LogP contribution in [0, 0.1) is 0 Å². The Kier molecular flexibility index (Phi) is 8.12. The van der Waals surface area contributed by atoms with Crippen LogP contribution in [0.25, 0.3) is 0 Å². The molecule has 1 amide bonds. The second-order valence-electron chi connectivity index (χ2n) is 6.02. The zero-order valence-electron chi connectivity index (χ0n) is 14.5. The zero-order valence-corrected chi connectivity index (χ0v) is 16.8. The van der Waals surface area contributed by atoms with Crippen molar-refractivity contribution in [1.82, 2.24) is 14.9 Å². The minimum absolute atomic E-state index is 0.0417. The summed E-state index contributed by atoms with van der Waals surface area (Å²) in [5.41, 5.74) is 0. The Balaban J connectivity index is 1.81. The first-order valence-corrected chi connectivity index (χ1v) is 10.6. The summed E-state index contributed by atoms with van der Waals surface area (Å²) in [6.07, 6.45) is 0.783. The predicted octanol–water partition coefficient (Wildman–Crippen LogP) is 1.50. The number of halogens is 2. The van der Waals surface area contributed by atoms with E-state index in [1.807, 2.05) is 0 Å². The molecule has 0 spiro atoms. The molecule has 1 aromatic rings. The summed E-state index contributed by atoms with van der Waals surface area (Å²) in [6, 6.07) is 3.21. The minimum Gasteiger partial charge on any atom is -0.379 e. The quantitative estimate of drug-likeness (QED) is 0.618. The SMILES string of the molecule is C[C@@H](NS(=O)(=O)c1cc(Cl)ccc1Cl)C(=O)NCCCN1CCOCC1. The van der Waals surface area contributed by atoms with Crippen LogP contribution < -0.4 is 10.0 Å². The second-order valence-corrected chi connectivity index (χ2v) is 8.54. The van der Waals surface area contributed by atoms with Crippen molar-refractivity contribution in [2.24, 2.45) is 0 Å². The van der Waals surface area contributed by atoms with E-state index in [-0.39, 0.29) is 14.9 Å². The molecule has 7 nitrogen and oxygen atoms in total. The molecule has 1 aliphatic heterocycles. The number of sulfonamides is 1. The van der Waals surface area contributed by atoms with Gasteiger partial charge in [-0.3, -0.25) is 9.69 Å². The Hall–Kier alpha value is -0.900. The van der Waals surface area contributed by atoms with Gasteiger partial charge in [0.05, 0.1) is 24.3 Å². The largest absolute Gasteiger partial charge is 0.379 e. The van der Waals surface area contributed by atoms with Crippen molar-refractivity contribution in [1.29, 1.82) is 0 Å². The van der Waals surface area contributed by atoms with E-state index >= 15 is 0 Å². The zero-order chi connectivity index (χ0) is 19.2. The highest BCUT2D eigenvalue weighted by Gasteiger charge is 2.24. The Bertz CT molecular complexity index is 724. The van der Waals surface area contributed by atoms with Crippen LogP contribution in [-0.4, -0.2) is 64.7 Å². The van der Waals surface area contributed by atoms with E-state index in [0.29, 0.717) is 6.54 Å². The van der Waals surface area contributed by atoms with Crippen LogP contribution >= 0.6 is 23.2 Å². The number of ether oxygens (including phenoxy) is 1. The third-order valence-electron chi connectivity index (χ3n) is 3.96. The van der Waals surface area contributed by atoms with Crippen LogP contribution in [0.5, 0.6) is 0 Å². The number of nitrogens with one attached hydrogen (secondary N) is 2. The van der Waals surface area contributed by atoms with Gasteiger partial charge in [-0.1, -0.05) is 23.2 Å². The third kappa shape index (κ3) is 6.37. The van der Waals surface area contributed by atoms with Gasteiger partial charge in [0, 0.05) is 24.7 Å². The average molecular weight is 424 g/mol. The van der Waals surface area contributed by atoms with Crippen LogP contribution in [0.3, 0.4) is 0 Å². The van der Waals surface area contributed by atoms with E-state index in [2.05, 4.69) is 14.9 Å². The molecule has 0 saturated carbocycles. The van der Waals surface area contributed by atoms with E-state index < -0.39 is 22.0 Å². The highest BCUT2D eigenvalue weighted by Crippen LogP contribution is 2.24. The van der Waals surface area contributed by atoms with Gasteiger partial charge in [-0.15, -0.1) is 0 Å². The Morgan fingerprint density at radius 2 is 2.00 bits per heavy atom. The molecule has 1 saturated heterocycles. The number of benzene rings is 1. The monoisotopic (exact) mass is 423 g/mol. The van der Waals surface area contributed by atoms with Gasteiger partial charge in [0.15, 0.2) is 0 Å². The predicted molar refractivity (Wildman–Crippen MR) is 101 cm³/mol. The van der Waals surface area contributed by atoms with Crippen LogP contribution in [0.4, 0.5) is 0 Å². The van der Waals surface area contributed by atoms with Crippen molar-refractivity contribution >= 4 is 39.1 Å². The summed E-state index contributed by atoms with van der Waals surface area (Å²) < 4.78 is 32.4. The molecule has 1 aromatic carbocycles. The number of carbonyl (C=O) groups is 1. The van der Waals surface area contributed by atoms with E-state index in [9.17, 15) is 13.2 Å². The fourth-order valence-corrected chi connectivity index (χ4v) is 4.49. The highest BCUT2D eigenvalue weighted by atomic mass is 35.5. The summed E-state index contributed by atoms with van der Waals surface area (Å²) >= 11 is 11.8. The fraction of sp³-hybridized carbons (Fsp3) is 0.562. The number of hydrogen-bond donors (Lipinski definition) is 2. The molecular formula is C16H23Cl2N3O4S. The van der Waals surface area contributed by atoms with Gasteiger partial charge in [0.2, 0.25) is 15.9 Å². The van der Waals surface area contributed by atoms with Crippen molar-refractivity contribution in [2.75, 3.05) is 39.4 Å². The van der Waals surface area contributed by atoms with Crippen molar-refractivity contribution in [3.8, 4) is 0 Å². The lowest BCUT2D eigenvalue weighted by Crippen LogP contribution is -2.45. The summed E-state index contributed by atoms with van der Waals surface area (Å²) in [5, 5.41) is 3.03. The average Bonchev–Trinajstić information content (AvgIpc) is 2.61. The van der Waals surface area contributed by atoms with E-state index in [0.717, 1.165) is 39.3 Å². The molecule has 0 unspecified atom stereocenters. The molecule has 1 aliphatic rings.